The average Bonchev–Trinajstić information content (AvgIpc) is 3.41. The number of esters is 3. The molecule has 6 nitrogen and oxygen atoms in total. The molecule has 0 fully saturated rings. The summed E-state index contributed by atoms with van der Waals surface area (Å²) in [5.74, 6) is -1.03. The van der Waals surface area contributed by atoms with Crippen LogP contribution in [-0.2, 0) is 28.6 Å². The van der Waals surface area contributed by atoms with Crippen molar-refractivity contribution in [2.24, 2.45) is 0 Å². The Morgan fingerprint density at radius 1 is 0.280 bits per heavy atom. The summed E-state index contributed by atoms with van der Waals surface area (Å²) < 4.78 is 16.8. The number of hydrogen-bond donors (Lipinski definition) is 0. The minimum Gasteiger partial charge on any atom is -0.462 e. The zero-order valence-electron chi connectivity index (χ0n) is 48.3. The fraction of sp³-hybridized carbons (Fsp3) is 0.609. The Morgan fingerprint density at radius 2 is 0.547 bits per heavy atom. The van der Waals surface area contributed by atoms with Crippen molar-refractivity contribution in [3.8, 4) is 0 Å². The molecule has 0 N–H and O–H groups in total. The Hall–Kier alpha value is -4.71. The van der Waals surface area contributed by atoms with Gasteiger partial charge in [-0.15, -0.1) is 0 Å². The molecule has 0 amide bonds. The van der Waals surface area contributed by atoms with Crippen molar-refractivity contribution < 1.29 is 28.6 Å². The van der Waals surface area contributed by atoms with Gasteiger partial charge in [-0.05, 0) is 128 Å². The normalized spacial score (nSPS) is 13.2. The third-order valence-electron chi connectivity index (χ3n) is 12.3. The molecule has 1 unspecified atom stereocenters. The van der Waals surface area contributed by atoms with Gasteiger partial charge in [0.05, 0.1) is 0 Å². The summed E-state index contributed by atoms with van der Waals surface area (Å²) >= 11 is 0. The maximum atomic E-state index is 12.9. The highest BCUT2D eigenvalue weighted by atomic mass is 16.6. The third-order valence-corrected chi connectivity index (χ3v) is 12.3. The van der Waals surface area contributed by atoms with E-state index in [1.807, 2.05) is 12.2 Å². The summed E-state index contributed by atoms with van der Waals surface area (Å²) in [6, 6.07) is 0. The maximum absolute atomic E-state index is 12.9. The summed E-state index contributed by atoms with van der Waals surface area (Å²) in [6.07, 6.45) is 88.5. The standard InChI is InChI=1S/C69H110O6/c1-4-7-10-13-16-19-22-25-28-30-32-33-34-35-37-38-41-44-47-50-53-56-59-62-68(71)74-65-66(64-73-67(70)61-58-55-52-49-46-43-40-27-24-21-18-15-12-9-6-3)75-69(72)63-60-57-54-51-48-45-42-39-36-31-29-26-23-20-17-14-11-8-5-2/h7-8,10-11,16-17,19-20,25-29,32-33,35-37,39-40,45,48,54,57,66H,4-6,9,12-15,18,21-24,30-31,34,38,41-44,46-47,49-53,55-56,58-65H2,1-3H3/b10-7-,11-8-,19-16-,20-17-,28-25-,29-26-,33-32-,37-35-,39-36-,40-27-,48-45-,57-54-. The van der Waals surface area contributed by atoms with Crippen molar-refractivity contribution in [2.45, 2.75) is 258 Å². The number of hydrogen-bond acceptors (Lipinski definition) is 6. The number of ether oxygens (including phenoxy) is 3. The summed E-state index contributed by atoms with van der Waals surface area (Å²) in [5.41, 5.74) is 0. The van der Waals surface area contributed by atoms with Gasteiger partial charge in [0.15, 0.2) is 6.10 Å². The molecule has 0 rings (SSSR count). The van der Waals surface area contributed by atoms with E-state index in [0.717, 1.165) is 128 Å². The van der Waals surface area contributed by atoms with E-state index in [4.69, 9.17) is 14.2 Å². The monoisotopic (exact) mass is 1030 g/mol. The smallest absolute Gasteiger partial charge is 0.306 e. The molecule has 0 saturated carbocycles. The van der Waals surface area contributed by atoms with Crippen LogP contribution in [0.1, 0.15) is 252 Å². The molecule has 0 saturated heterocycles. The molecule has 0 bridgehead atoms. The summed E-state index contributed by atoms with van der Waals surface area (Å²) in [7, 11) is 0. The molecule has 1 atom stereocenters. The maximum Gasteiger partial charge on any atom is 0.306 e. The van der Waals surface area contributed by atoms with Crippen LogP contribution in [0.15, 0.2) is 146 Å². The number of carbonyl (C=O) groups is 3. The van der Waals surface area contributed by atoms with Gasteiger partial charge < -0.3 is 14.2 Å². The van der Waals surface area contributed by atoms with E-state index >= 15 is 0 Å². The van der Waals surface area contributed by atoms with E-state index in [-0.39, 0.29) is 31.6 Å². The highest BCUT2D eigenvalue weighted by molar-refractivity contribution is 5.71. The van der Waals surface area contributed by atoms with Crippen LogP contribution < -0.4 is 0 Å². The predicted octanol–water partition coefficient (Wildman–Crippen LogP) is 20.8. The molecule has 0 aromatic rings. The molecule has 0 radical (unpaired) electrons. The molecule has 0 aliphatic rings. The molecule has 0 aliphatic carbocycles. The number of allylic oxidation sites excluding steroid dienone is 24. The van der Waals surface area contributed by atoms with Gasteiger partial charge in [-0.2, -0.15) is 0 Å². The van der Waals surface area contributed by atoms with Crippen molar-refractivity contribution in [1.29, 1.82) is 0 Å². The van der Waals surface area contributed by atoms with Crippen molar-refractivity contribution in [3.63, 3.8) is 0 Å². The molecule has 0 aromatic heterocycles. The fourth-order valence-electron chi connectivity index (χ4n) is 7.84. The van der Waals surface area contributed by atoms with E-state index in [1.54, 1.807) is 0 Å². The number of rotatable bonds is 53. The van der Waals surface area contributed by atoms with Crippen molar-refractivity contribution in [1.82, 2.24) is 0 Å². The van der Waals surface area contributed by atoms with Gasteiger partial charge in [-0.1, -0.05) is 250 Å². The molecule has 75 heavy (non-hydrogen) atoms. The molecule has 0 aromatic carbocycles. The van der Waals surface area contributed by atoms with Gasteiger partial charge in [0, 0.05) is 19.3 Å². The van der Waals surface area contributed by atoms with Crippen LogP contribution in [0.4, 0.5) is 0 Å². The van der Waals surface area contributed by atoms with Gasteiger partial charge in [-0.3, -0.25) is 14.4 Å². The number of carbonyl (C=O) groups excluding carboxylic acids is 3. The third kappa shape index (κ3) is 60.0. The second-order valence-electron chi connectivity index (χ2n) is 19.5. The zero-order chi connectivity index (χ0) is 54.3. The molecule has 6 heteroatoms. The fourth-order valence-corrected chi connectivity index (χ4v) is 7.84. The average molecular weight is 1040 g/mol. The minimum atomic E-state index is -0.834. The van der Waals surface area contributed by atoms with Crippen LogP contribution >= 0.6 is 0 Å². The van der Waals surface area contributed by atoms with E-state index in [9.17, 15) is 14.4 Å². The van der Waals surface area contributed by atoms with Gasteiger partial charge >= 0.3 is 17.9 Å². The lowest BCUT2D eigenvalue weighted by Crippen LogP contribution is -2.30. The van der Waals surface area contributed by atoms with Gasteiger partial charge in [0.2, 0.25) is 0 Å². The van der Waals surface area contributed by atoms with Crippen LogP contribution in [-0.4, -0.2) is 37.2 Å². The first-order valence-electron chi connectivity index (χ1n) is 30.3. The Balaban J connectivity index is 4.53. The Labute approximate surface area is 461 Å². The summed E-state index contributed by atoms with van der Waals surface area (Å²) in [5, 5.41) is 0. The first-order chi connectivity index (χ1) is 37.0. The second kappa shape index (κ2) is 61.8. The SMILES string of the molecule is CC/C=C\C/C=C\C/C=C\C/C=C\C/C=C\C/C=C\CCC(=O)OC(COC(=O)CCCCCCC/C=C\CCCCCCCC)COC(=O)CCCCCCCCC/C=C\C/C=C\C/C=C\C/C=C\C/C=C\CC. The van der Waals surface area contributed by atoms with E-state index in [2.05, 4.69) is 154 Å². The van der Waals surface area contributed by atoms with E-state index in [1.165, 1.54) is 77.0 Å². The van der Waals surface area contributed by atoms with Crippen LogP contribution in [0.3, 0.4) is 0 Å². The van der Waals surface area contributed by atoms with E-state index in [0.29, 0.717) is 19.3 Å². The van der Waals surface area contributed by atoms with E-state index < -0.39 is 12.1 Å². The lowest BCUT2D eigenvalue weighted by molar-refractivity contribution is -0.166. The quantitative estimate of drug-likeness (QED) is 0.0261. The first-order valence-corrected chi connectivity index (χ1v) is 30.3. The van der Waals surface area contributed by atoms with Crippen LogP contribution in [0.5, 0.6) is 0 Å². The topological polar surface area (TPSA) is 78.9 Å². The molecule has 422 valence electrons. The van der Waals surface area contributed by atoms with Gasteiger partial charge in [0.25, 0.3) is 0 Å². The Kier molecular flexibility index (Phi) is 58.0. The van der Waals surface area contributed by atoms with Crippen LogP contribution in [0.2, 0.25) is 0 Å². The molecule has 0 spiro atoms. The molecule has 0 aliphatic heterocycles. The lowest BCUT2D eigenvalue weighted by atomic mass is 10.1. The summed E-state index contributed by atoms with van der Waals surface area (Å²) in [4.78, 5) is 38.2. The van der Waals surface area contributed by atoms with Crippen molar-refractivity contribution in [2.75, 3.05) is 13.2 Å². The van der Waals surface area contributed by atoms with Crippen LogP contribution in [0, 0.1) is 0 Å². The molecule has 0 heterocycles. The van der Waals surface area contributed by atoms with Gasteiger partial charge in [0.1, 0.15) is 13.2 Å². The largest absolute Gasteiger partial charge is 0.462 e. The molecular weight excluding hydrogens is 925 g/mol. The van der Waals surface area contributed by atoms with Gasteiger partial charge in [-0.25, -0.2) is 0 Å². The first kappa shape index (κ1) is 70.3. The van der Waals surface area contributed by atoms with Crippen LogP contribution in [0.25, 0.3) is 0 Å². The minimum absolute atomic E-state index is 0.121. The van der Waals surface area contributed by atoms with Crippen molar-refractivity contribution in [3.05, 3.63) is 146 Å². The zero-order valence-corrected chi connectivity index (χ0v) is 48.3. The highest BCUT2D eigenvalue weighted by Gasteiger charge is 2.19. The Bertz CT molecular complexity index is 1660. The summed E-state index contributed by atoms with van der Waals surface area (Å²) in [6.45, 7) is 6.33. The van der Waals surface area contributed by atoms with Crippen molar-refractivity contribution >= 4 is 17.9 Å². The number of unbranched alkanes of at least 4 members (excludes halogenated alkanes) is 18. The second-order valence-corrected chi connectivity index (χ2v) is 19.5. The Morgan fingerprint density at radius 3 is 0.880 bits per heavy atom. The lowest BCUT2D eigenvalue weighted by Gasteiger charge is -2.18. The highest BCUT2D eigenvalue weighted by Crippen LogP contribution is 2.13. The predicted molar refractivity (Wildman–Crippen MR) is 325 cm³/mol. The molecular formula is C69H110O6.